The molecular weight excluding hydrogens is 709 g/mol. The van der Waals surface area contributed by atoms with E-state index in [1.807, 2.05) is 24.3 Å². The Hall–Kier alpha value is -7.82. The number of fused-ring (bicyclic) bond motifs is 6. The van der Waals surface area contributed by atoms with E-state index in [1.54, 1.807) is 0 Å². The second-order valence-corrected chi connectivity index (χ2v) is 14.5. The molecule has 2 heterocycles. The summed E-state index contributed by atoms with van der Waals surface area (Å²) in [5.74, 6) is 0. The molecule has 0 N–H and O–H groups in total. The van der Waals surface area contributed by atoms with Crippen LogP contribution in [0.3, 0.4) is 0 Å². The summed E-state index contributed by atoms with van der Waals surface area (Å²) >= 11 is 0. The SMILES string of the molecule is c1ccc(-c2cc(-c3ccc(N(c4ccccc4)c4cccc5oc6ccccc6c45)cc3)ccc2N(c2ccccc2)c2cccc3oc4ccccc4c23)cc1. The molecule has 11 rings (SSSR count). The molecule has 0 spiro atoms. The number of hydrogen-bond acceptors (Lipinski definition) is 4. The minimum absolute atomic E-state index is 0.861. The molecule has 9 aromatic carbocycles. The van der Waals surface area contributed by atoms with Crippen molar-refractivity contribution in [2.75, 3.05) is 9.80 Å². The van der Waals surface area contributed by atoms with Crippen molar-refractivity contribution in [2.24, 2.45) is 0 Å². The van der Waals surface area contributed by atoms with Crippen LogP contribution in [0.15, 0.2) is 227 Å². The topological polar surface area (TPSA) is 32.8 Å². The Balaban J connectivity index is 1.06. The number of para-hydroxylation sites is 4. The highest BCUT2D eigenvalue weighted by Crippen LogP contribution is 2.47. The highest BCUT2D eigenvalue weighted by molar-refractivity contribution is 6.15. The second-order valence-electron chi connectivity index (χ2n) is 14.5. The van der Waals surface area contributed by atoms with Crippen LogP contribution >= 0.6 is 0 Å². The van der Waals surface area contributed by atoms with Gasteiger partial charge in [0.25, 0.3) is 0 Å². The quantitative estimate of drug-likeness (QED) is 0.155. The van der Waals surface area contributed by atoms with Crippen LogP contribution in [-0.2, 0) is 0 Å². The Morgan fingerprint density at radius 2 is 0.724 bits per heavy atom. The molecule has 4 nitrogen and oxygen atoms in total. The predicted octanol–water partition coefficient (Wildman–Crippen LogP) is 15.8. The van der Waals surface area contributed by atoms with E-state index >= 15 is 0 Å². The monoisotopic (exact) mass is 744 g/mol. The lowest BCUT2D eigenvalue weighted by Crippen LogP contribution is -2.11. The van der Waals surface area contributed by atoms with Crippen LogP contribution in [0.25, 0.3) is 66.1 Å². The van der Waals surface area contributed by atoms with Gasteiger partial charge in [0.15, 0.2) is 0 Å². The summed E-state index contributed by atoms with van der Waals surface area (Å²) in [6, 6.07) is 76.8. The summed E-state index contributed by atoms with van der Waals surface area (Å²) in [6.45, 7) is 0. The van der Waals surface area contributed by atoms with Gasteiger partial charge in [-0.1, -0.05) is 133 Å². The van der Waals surface area contributed by atoms with Gasteiger partial charge in [-0.3, -0.25) is 0 Å². The summed E-state index contributed by atoms with van der Waals surface area (Å²) in [6.07, 6.45) is 0. The van der Waals surface area contributed by atoms with E-state index in [0.717, 1.165) is 100 Å². The molecule has 0 unspecified atom stereocenters. The molecule has 0 aliphatic heterocycles. The molecule has 0 bridgehead atoms. The minimum atomic E-state index is 0.861. The summed E-state index contributed by atoms with van der Waals surface area (Å²) in [5.41, 5.74) is 14.4. The Labute approximate surface area is 336 Å². The zero-order valence-corrected chi connectivity index (χ0v) is 31.5. The van der Waals surface area contributed by atoms with Gasteiger partial charge in [0, 0.05) is 33.4 Å². The number of benzene rings is 9. The van der Waals surface area contributed by atoms with Gasteiger partial charge < -0.3 is 18.6 Å². The van der Waals surface area contributed by atoms with Gasteiger partial charge in [-0.15, -0.1) is 0 Å². The van der Waals surface area contributed by atoms with E-state index in [-0.39, 0.29) is 0 Å². The third-order valence-corrected chi connectivity index (χ3v) is 11.1. The lowest BCUT2D eigenvalue weighted by molar-refractivity contribution is 0.668. The minimum Gasteiger partial charge on any atom is -0.456 e. The number of hydrogen-bond donors (Lipinski definition) is 0. The molecule has 58 heavy (non-hydrogen) atoms. The first kappa shape index (κ1) is 33.5. The van der Waals surface area contributed by atoms with Crippen LogP contribution in [0.5, 0.6) is 0 Å². The average Bonchev–Trinajstić information content (AvgIpc) is 3.88. The second kappa shape index (κ2) is 14.0. The van der Waals surface area contributed by atoms with Gasteiger partial charge in [0.2, 0.25) is 0 Å². The third-order valence-electron chi connectivity index (χ3n) is 11.1. The number of rotatable bonds is 8. The highest BCUT2D eigenvalue weighted by Gasteiger charge is 2.23. The third kappa shape index (κ3) is 5.70. The van der Waals surface area contributed by atoms with Gasteiger partial charge in [0.05, 0.1) is 27.8 Å². The molecule has 0 saturated heterocycles. The number of nitrogens with zero attached hydrogens (tertiary/aromatic N) is 2. The number of anilines is 6. The first-order valence-electron chi connectivity index (χ1n) is 19.6. The smallest absolute Gasteiger partial charge is 0.137 e. The van der Waals surface area contributed by atoms with Gasteiger partial charge in [0.1, 0.15) is 22.3 Å². The highest BCUT2D eigenvalue weighted by atomic mass is 16.3. The van der Waals surface area contributed by atoms with Gasteiger partial charge in [-0.2, -0.15) is 0 Å². The van der Waals surface area contributed by atoms with Crippen molar-refractivity contribution in [1.82, 2.24) is 0 Å². The van der Waals surface area contributed by atoms with Crippen LogP contribution in [0.4, 0.5) is 34.1 Å². The summed E-state index contributed by atoms with van der Waals surface area (Å²) < 4.78 is 12.7. The summed E-state index contributed by atoms with van der Waals surface area (Å²) in [7, 11) is 0. The van der Waals surface area contributed by atoms with E-state index in [4.69, 9.17) is 8.83 Å². The van der Waals surface area contributed by atoms with Crippen LogP contribution in [0.2, 0.25) is 0 Å². The van der Waals surface area contributed by atoms with Crippen LogP contribution in [0.1, 0.15) is 0 Å². The fourth-order valence-corrected chi connectivity index (χ4v) is 8.44. The van der Waals surface area contributed by atoms with Gasteiger partial charge >= 0.3 is 0 Å². The van der Waals surface area contributed by atoms with E-state index in [2.05, 4.69) is 204 Å². The van der Waals surface area contributed by atoms with Crippen molar-refractivity contribution in [3.05, 3.63) is 218 Å². The number of furan rings is 2. The first-order chi connectivity index (χ1) is 28.8. The Bertz CT molecular complexity index is 3220. The Morgan fingerprint density at radius 3 is 1.31 bits per heavy atom. The van der Waals surface area contributed by atoms with Crippen molar-refractivity contribution in [1.29, 1.82) is 0 Å². The molecule has 0 aliphatic rings. The predicted molar refractivity (Wildman–Crippen MR) is 241 cm³/mol. The fraction of sp³-hybridized carbons (Fsp3) is 0. The van der Waals surface area contributed by atoms with E-state index in [9.17, 15) is 0 Å². The zero-order valence-electron chi connectivity index (χ0n) is 31.5. The van der Waals surface area contributed by atoms with Crippen molar-refractivity contribution in [2.45, 2.75) is 0 Å². The van der Waals surface area contributed by atoms with Crippen LogP contribution < -0.4 is 9.80 Å². The maximum atomic E-state index is 6.39. The standard InChI is InChI=1S/C54H36N2O2/c1-4-16-38(17-5-1)45-36-39(32-35-46(45)56(41-20-8-3-9-21-41)48-25-15-29-52-54(48)44-23-11-13-27-50(44)58-52)37-30-33-42(34-31-37)55(40-18-6-2-7-19-40)47-24-14-28-51-53(47)43-22-10-12-26-49(43)57-51/h1-36H. The molecule has 0 radical (unpaired) electrons. The van der Waals surface area contributed by atoms with E-state index in [1.165, 1.54) is 0 Å². The molecule has 274 valence electrons. The van der Waals surface area contributed by atoms with Crippen molar-refractivity contribution >= 4 is 78.0 Å². The van der Waals surface area contributed by atoms with Crippen LogP contribution in [0, 0.1) is 0 Å². The average molecular weight is 745 g/mol. The molecule has 0 fully saturated rings. The van der Waals surface area contributed by atoms with Crippen molar-refractivity contribution in [3.63, 3.8) is 0 Å². The molecule has 2 aromatic heterocycles. The first-order valence-corrected chi connectivity index (χ1v) is 19.6. The largest absolute Gasteiger partial charge is 0.456 e. The molecule has 0 atom stereocenters. The molecule has 0 aliphatic carbocycles. The fourth-order valence-electron chi connectivity index (χ4n) is 8.44. The van der Waals surface area contributed by atoms with Gasteiger partial charge in [-0.25, -0.2) is 0 Å². The summed E-state index contributed by atoms with van der Waals surface area (Å²) in [4.78, 5) is 4.70. The molecule has 4 heteroatoms. The van der Waals surface area contributed by atoms with Crippen molar-refractivity contribution < 1.29 is 8.83 Å². The summed E-state index contributed by atoms with van der Waals surface area (Å²) in [5, 5.41) is 4.37. The van der Waals surface area contributed by atoms with E-state index in [0.29, 0.717) is 0 Å². The van der Waals surface area contributed by atoms with E-state index < -0.39 is 0 Å². The zero-order chi connectivity index (χ0) is 38.4. The van der Waals surface area contributed by atoms with Crippen LogP contribution in [-0.4, -0.2) is 0 Å². The molecule has 11 aromatic rings. The normalized spacial score (nSPS) is 11.4. The lowest BCUT2D eigenvalue weighted by Gasteiger charge is -2.29. The Morgan fingerprint density at radius 1 is 0.276 bits per heavy atom. The van der Waals surface area contributed by atoms with Gasteiger partial charge in [-0.05, 0) is 102 Å². The van der Waals surface area contributed by atoms with Crippen molar-refractivity contribution in [3.8, 4) is 22.3 Å². The molecular formula is C54H36N2O2. The Kier molecular flexibility index (Phi) is 8.11. The molecule has 0 saturated carbocycles. The molecule has 0 amide bonds. The lowest BCUT2D eigenvalue weighted by atomic mass is 9.95. The maximum Gasteiger partial charge on any atom is 0.137 e. The maximum absolute atomic E-state index is 6.39.